The van der Waals surface area contributed by atoms with Crippen LogP contribution in [0.1, 0.15) is 17.5 Å². The van der Waals surface area contributed by atoms with Crippen LogP contribution in [0.3, 0.4) is 0 Å². The first-order valence-corrected chi connectivity index (χ1v) is 9.43. The van der Waals surface area contributed by atoms with Crippen molar-refractivity contribution in [3.8, 4) is 11.5 Å². The number of H-pyrrole nitrogens is 1. The number of aromatic nitrogens is 1. The maximum atomic E-state index is 12.4. The molecule has 3 aromatic rings. The fourth-order valence-corrected chi connectivity index (χ4v) is 3.35. The van der Waals surface area contributed by atoms with E-state index < -0.39 is 0 Å². The van der Waals surface area contributed by atoms with Crippen LogP contribution in [-0.2, 0) is 17.8 Å². The normalized spacial score (nSPS) is 12.8. The van der Waals surface area contributed by atoms with Crippen LogP contribution in [0.2, 0.25) is 5.02 Å². The number of aryl methyl sites for hydroxylation is 1. The first-order chi connectivity index (χ1) is 13.6. The van der Waals surface area contributed by atoms with Gasteiger partial charge in [0.25, 0.3) is 5.56 Å². The van der Waals surface area contributed by atoms with Crippen LogP contribution >= 0.6 is 11.6 Å². The fraction of sp³-hybridized carbons (Fsp3) is 0.238. The van der Waals surface area contributed by atoms with Crippen molar-refractivity contribution in [2.24, 2.45) is 0 Å². The van der Waals surface area contributed by atoms with Crippen LogP contribution < -0.4 is 20.3 Å². The zero-order valence-electron chi connectivity index (χ0n) is 15.1. The number of hydrogen-bond acceptors (Lipinski definition) is 4. The number of carbonyl (C=O) groups is 1. The molecule has 0 aliphatic carbocycles. The Bertz CT molecular complexity index is 1090. The highest BCUT2D eigenvalue weighted by Gasteiger charge is 2.14. The zero-order valence-corrected chi connectivity index (χ0v) is 15.8. The molecule has 1 amide bonds. The predicted octanol–water partition coefficient (Wildman–Crippen LogP) is 3.20. The second-order valence-electron chi connectivity index (χ2n) is 6.57. The molecule has 0 bridgehead atoms. The molecule has 0 spiro atoms. The van der Waals surface area contributed by atoms with Gasteiger partial charge in [0, 0.05) is 35.0 Å². The quantitative estimate of drug-likeness (QED) is 0.691. The van der Waals surface area contributed by atoms with Crippen molar-refractivity contribution < 1.29 is 14.3 Å². The van der Waals surface area contributed by atoms with Gasteiger partial charge in [-0.1, -0.05) is 29.8 Å². The number of nitrogens with one attached hydrogen (secondary N) is 2. The van der Waals surface area contributed by atoms with Gasteiger partial charge in [0.15, 0.2) is 11.5 Å². The molecular weight excluding hydrogens is 380 g/mol. The monoisotopic (exact) mass is 398 g/mol. The second kappa shape index (κ2) is 7.94. The number of fused-ring (bicyclic) bond motifs is 2. The summed E-state index contributed by atoms with van der Waals surface area (Å²) in [5.41, 5.74) is 1.88. The molecule has 0 atom stereocenters. The van der Waals surface area contributed by atoms with Crippen LogP contribution in [0, 0.1) is 0 Å². The van der Waals surface area contributed by atoms with Gasteiger partial charge in [-0.15, -0.1) is 0 Å². The van der Waals surface area contributed by atoms with E-state index in [4.69, 9.17) is 21.1 Å². The molecule has 0 radical (unpaired) electrons. The Morgan fingerprint density at radius 2 is 1.82 bits per heavy atom. The fourth-order valence-electron chi connectivity index (χ4n) is 3.15. The Labute approximate surface area is 166 Å². The highest BCUT2D eigenvalue weighted by atomic mass is 35.5. The molecule has 1 aromatic heterocycles. The molecule has 2 N–H and O–H groups in total. The molecule has 1 aliphatic rings. The summed E-state index contributed by atoms with van der Waals surface area (Å²) in [4.78, 5) is 27.4. The average Bonchev–Trinajstić information content (AvgIpc) is 2.70. The zero-order chi connectivity index (χ0) is 19.5. The summed E-state index contributed by atoms with van der Waals surface area (Å²) in [7, 11) is 0. The number of ether oxygens (including phenoxy) is 2. The van der Waals surface area contributed by atoms with Gasteiger partial charge < -0.3 is 19.8 Å². The minimum absolute atomic E-state index is 0.137. The molecule has 4 rings (SSSR count). The lowest BCUT2D eigenvalue weighted by molar-refractivity contribution is -0.121. The van der Waals surface area contributed by atoms with Crippen molar-refractivity contribution in [1.29, 1.82) is 0 Å². The number of hydrogen-bond donors (Lipinski definition) is 2. The van der Waals surface area contributed by atoms with Crippen LogP contribution in [0.4, 0.5) is 0 Å². The van der Waals surface area contributed by atoms with Gasteiger partial charge in [0.05, 0.1) is 5.52 Å². The minimum atomic E-state index is -0.205. The average molecular weight is 399 g/mol. The van der Waals surface area contributed by atoms with Gasteiger partial charge in [0.2, 0.25) is 5.91 Å². The molecule has 0 saturated carbocycles. The van der Waals surface area contributed by atoms with E-state index in [2.05, 4.69) is 10.3 Å². The summed E-state index contributed by atoms with van der Waals surface area (Å²) in [5.74, 6) is 1.15. The van der Waals surface area contributed by atoms with Crippen LogP contribution in [0.15, 0.2) is 47.3 Å². The van der Waals surface area contributed by atoms with E-state index in [1.165, 1.54) is 0 Å². The summed E-state index contributed by atoms with van der Waals surface area (Å²) < 4.78 is 11.1. The SMILES string of the molecule is O=C(CCc1cc2cc3c(cc2[nH]c1=O)OCCO3)NCc1ccccc1Cl. The lowest BCUT2D eigenvalue weighted by Gasteiger charge is -2.18. The lowest BCUT2D eigenvalue weighted by atomic mass is 10.1. The Morgan fingerprint density at radius 1 is 1.07 bits per heavy atom. The smallest absolute Gasteiger partial charge is 0.251 e. The van der Waals surface area contributed by atoms with Crippen molar-refractivity contribution in [3.63, 3.8) is 0 Å². The van der Waals surface area contributed by atoms with Gasteiger partial charge in [-0.25, -0.2) is 0 Å². The van der Waals surface area contributed by atoms with Crippen molar-refractivity contribution in [1.82, 2.24) is 10.3 Å². The predicted molar refractivity (Wildman–Crippen MR) is 107 cm³/mol. The summed E-state index contributed by atoms with van der Waals surface area (Å²) in [6.07, 6.45) is 0.553. The third-order valence-corrected chi connectivity index (χ3v) is 5.01. The minimum Gasteiger partial charge on any atom is -0.486 e. The molecule has 6 nitrogen and oxygen atoms in total. The number of pyridine rings is 1. The third-order valence-electron chi connectivity index (χ3n) is 4.64. The number of amides is 1. The van der Waals surface area contributed by atoms with Crippen molar-refractivity contribution in [3.05, 3.63) is 69.0 Å². The maximum absolute atomic E-state index is 12.4. The second-order valence-corrected chi connectivity index (χ2v) is 6.98. The highest BCUT2D eigenvalue weighted by Crippen LogP contribution is 2.33. The number of aromatic amines is 1. The van der Waals surface area contributed by atoms with Crippen LogP contribution in [0.25, 0.3) is 10.9 Å². The van der Waals surface area contributed by atoms with Gasteiger partial charge >= 0.3 is 0 Å². The molecule has 2 aromatic carbocycles. The maximum Gasteiger partial charge on any atom is 0.251 e. The number of rotatable bonds is 5. The van der Waals surface area contributed by atoms with Crippen molar-refractivity contribution >= 4 is 28.4 Å². The third kappa shape index (κ3) is 3.97. The molecular formula is C21H19ClN2O4. The summed E-state index contributed by atoms with van der Waals surface area (Å²) >= 11 is 6.09. The summed E-state index contributed by atoms with van der Waals surface area (Å²) in [6, 6.07) is 12.8. The number of benzene rings is 2. The number of halogens is 1. The first-order valence-electron chi connectivity index (χ1n) is 9.06. The highest BCUT2D eigenvalue weighted by molar-refractivity contribution is 6.31. The van der Waals surface area contributed by atoms with E-state index in [9.17, 15) is 9.59 Å². The van der Waals surface area contributed by atoms with E-state index in [1.54, 1.807) is 18.2 Å². The Hall–Kier alpha value is -2.99. The van der Waals surface area contributed by atoms with Gasteiger partial charge in [-0.05, 0) is 30.2 Å². The molecule has 0 fully saturated rings. The summed E-state index contributed by atoms with van der Waals surface area (Å²) in [6.45, 7) is 1.35. The molecule has 0 unspecified atom stereocenters. The van der Waals surface area contributed by atoms with E-state index in [0.717, 1.165) is 10.9 Å². The van der Waals surface area contributed by atoms with Crippen LogP contribution in [-0.4, -0.2) is 24.1 Å². The Kier molecular flexibility index (Phi) is 5.21. The van der Waals surface area contributed by atoms with E-state index >= 15 is 0 Å². The lowest BCUT2D eigenvalue weighted by Crippen LogP contribution is -2.24. The van der Waals surface area contributed by atoms with E-state index in [1.807, 2.05) is 24.3 Å². The standard InChI is InChI=1S/C21H19ClN2O4/c22-16-4-2-1-3-14(16)12-23-20(25)6-5-13-9-15-10-18-19(28-8-7-27-18)11-17(15)24-21(13)26/h1-4,9-11H,5-8,12H2,(H,23,25)(H,24,26). The van der Waals surface area contributed by atoms with E-state index in [-0.39, 0.29) is 17.9 Å². The Morgan fingerprint density at radius 3 is 2.61 bits per heavy atom. The molecule has 2 heterocycles. The summed E-state index contributed by atoms with van der Waals surface area (Å²) in [5, 5.41) is 4.29. The van der Waals surface area contributed by atoms with Gasteiger partial charge in [0.1, 0.15) is 13.2 Å². The molecule has 144 valence electrons. The van der Waals surface area contributed by atoms with Gasteiger partial charge in [-0.2, -0.15) is 0 Å². The van der Waals surface area contributed by atoms with Crippen LogP contribution in [0.5, 0.6) is 11.5 Å². The van der Waals surface area contributed by atoms with Crippen molar-refractivity contribution in [2.75, 3.05) is 13.2 Å². The largest absolute Gasteiger partial charge is 0.486 e. The first kappa shape index (κ1) is 18.4. The van der Waals surface area contributed by atoms with Crippen molar-refractivity contribution in [2.45, 2.75) is 19.4 Å². The molecule has 7 heteroatoms. The molecule has 1 aliphatic heterocycles. The Balaban J connectivity index is 1.44. The van der Waals surface area contributed by atoms with E-state index in [0.29, 0.717) is 53.8 Å². The molecule has 0 saturated heterocycles. The van der Waals surface area contributed by atoms with Gasteiger partial charge in [-0.3, -0.25) is 9.59 Å². The topological polar surface area (TPSA) is 80.4 Å². The molecule has 28 heavy (non-hydrogen) atoms. The number of carbonyl (C=O) groups excluding carboxylic acids is 1.